The quantitative estimate of drug-likeness (QED) is 0.343. The highest BCUT2D eigenvalue weighted by molar-refractivity contribution is 7.92. The number of hydrogen-bond donors (Lipinski definition) is 2. The molecule has 2 aromatic carbocycles. The number of benzene rings is 2. The maximum atomic E-state index is 13.0. The Morgan fingerprint density at radius 1 is 1.09 bits per heavy atom. The lowest BCUT2D eigenvalue weighted by atomic mass is 10.2. The Morgan fingerprint density at radius 2 is 1.82 bits per heavy atom. The van der Waals surface area contributed by atoms with Crippen molar-refractivity contribution in [2.75, 3.05) is 17.1 Å². The number of rotatable bonds is 9. The van der Waals surface area contributed by atoms with E-state index in [1.807, 2.05) is 36.5 Å². The van der Waals surface area contributed by atoms with Crippen LogP contribution in [-0.2, 0) is 16.6 Å². The summed E-state index contributed by atoms with van der Waals surface area (Å²) >= 11 is 5.88. The van der Waals surface area contributed by atoms with Crippen LogP contribution in [0, 0.1) is 0 Å². The van der Waals surface area contributed by atoms with Gasteiger partial charge in [-0.05, 0) is 35.9 Å². The first kappa shape index (κ1) is 23.3. The lowest BCUT2D eigenvalue weighted by Crippen LogP contribution is -2.15. The highest BCUT2D eigenvalue weighted by Crippen LogP contribution is 2.28. The topological polar surface area (TPSA) is 98.1 Å². The van der Waals surface area contributed by atoms with Crippen LogP contribution in [0.1, 0.15) is 11.1 Å². The molecule has 0 unspecified atom stereocenters. The zero-order valence-corrected chi connectivity index (χ0v) is 19.8. The van der Waals surface area contributed by atoms with Gasteiger partial charge in [-0.1, -0.05) is 48.5 Å². The summed E-state index contributed by atoms with van der Waals surface area (Å²) in [5, 5.41) is 7.97. The Balaban J connectivity index is 1.52. The molecule has 0 saturated heterocycles. The third kappa shape index (κ3) is 5.56. The summed E-state index contributed by atoms with van der Waals surface area (Å²) in [7, 11) is -2.63. The molecule has 0 spiro atoms. The number of aromatic nitrogens is 3. The van der Waals surface area contributed by atoms with E-state index >= 15 is 0 Å². The summed E-state index contributed by atoms with van der Waals surface area (Å²) in [6.07, 6.45) is 5.02. The third-order valence-electron chi connectivity index (χ3n) is 4.86. The summed E-state index contributed by atoms with van der Waals surface area (Å²) in [5.41, 5.74) is 3.21. The van der Waals surface area contributed by atoms with Gasteiger partial charge in [0.1, 0.15) is 0 Å². The normalized spacial score (nSPS) is 11.1. The van der Waals surface area contributed by atoms with Gasteiger partial charge in [0, 0.05) is 28.2 Å². The van der Waals surface area contributed by atoms with Crippen LogP contribution in [0.15, 0.2) is 90.7 Å². The van der Waals surface area contributed by atoms with E-state index in [0.29, 0.717) is 28.6 Å². The molecule has 8 nitrogen and oxygen atoms in total. The minimum Gasteiger partial charge on any atom is -0.480 e. The van der Waals surface area contributed by atoms with Crippen molar-refractivity contribution in [3.63, 3.8) is 0 Å². The second kappa shape index (κ2) is 9.98. The molecule has 10 heteroatoms. The van der Waals surface area contributed by atoms with Gasteiger partial charge >= 0.3 is 0 Å². The number of nitrogens with zero attached hydrogens (tertiary/aromatic N) is 3. The van der Waals surface area contributed by atoms with E-state index in [9.17, 15) is 8.42 Å². The van der Waals surface area contributed by atoms with Crippen molar-refractivity contribution in [3.05, 3.63) is 102 Å². The fourth-order valence-electron chi connectivity index (χ4n) is 3.20. The Morgan fingerprint density at radius 3 is 2.53 bits per heavy atom. The van der Waals surface area contributed by atoms with Gasteiger partial charge in [-0.3, -0.25) is 9.40 Å². The summed E-state index contributed by atoms with van der Waals surface area (Å²) in [6, 6.07) is 17.7. The zero-order chi connectivity index (χ0) is 24.1. The molecule has 0 aliphatic heterocycles. The minimum absolute atomic E-state index is 0.0340. The number of nitrogens with one attached hydrogen (secondary N) is 2. The SMILES string of the molecule is C=C(Nc1cnc(OC)c(S(=O)(=O)Nc2ccc(Cl)cc2)c1)c1cnn(Cc2ccccc2)c1. The molecule has 2 heterocycles. The Kier molecular flexibility index (Phi) is 6.85. The molecule has 0 fully saturated rings. The van der Waals surface area contributed by atoms with Crippen LogP contribution in [0.2, 0.25) is 5.02 Å². The first-order chi connectivity index (χ1) is 16.3. The van der Waals surface area contributed by atoms with Crippen molar-refractivity contribution < 1.29 is 13.2 Å². The fourth-order valence-corrected chi connectivity index (χ4v) is 4.53. The number of methoxy groups -OCH3 is 1. The highest BCUT2D eigenvalue weighted by atomic mass is 35.5. The van der Waals surface area contributed by atoms with E-state index in [2.05, 4.69) is 26.7 Å². The van der Waals surface area contributed by atoms with Gasteiger partial charge in [0.15, 0.2) is 4.90 Å². The summed E-state index contributed by atoms with van der Waals surface area (Å²) in [4.78, 5) is 4.02. The van der Waals surface area contributed by atoms with Crippen molar-refractivity contribution in [3.8, 4) is 5.88 Å². The highest BCUT2D eigenvalue weighted by Gasteiger charge is 2.22. The van der Waals surface area contributed by atoms with E-state index in [-0.39, 0.29) is 10.8 Å². The summed E-state index contributed by atoms with van der Waals surface area (Å²) in [6.45, 7) is 4.67. The predicted octanol–water partition coefficient (Wildman–Crippen LogP) is 4.87. The molecule has 0 aliphatic carbocycles. The molecule has 0 bridgehead atoms. The fraction of sp³-hybridized carbons (Fsp3) is 0.0833. The Bertz CT molecular complexity index is 1400. The first-order valence-electron chi connectivity index (χ1n) is 10.2. The Hall–Kier alpha value is -3.82. The Labute approximate surface area is 202 Å². The maximum Gasteiger partial charge on any atom is 0.267 e. The van der Waals surface area contributed by atoms with Crippen LogP contribution in [0.3, 0.4) is 0 Å². The maximum absolute atomic E-state index is 13.0. The van der Waals surface area contributed by atoms with Crippen molar-refractivity contribution in [1.82, 2.24) is 14.8 Å². The number of anilines is 2. The van der Waals surface area contributed by atoms with Crippen LogP contribution in [0.5, 0.6) is 5.88 Å². The van der Waals surface area contributed by atoms with Crippen LogP contribution in [-0.4, -0.2) is 30.3 Å². The summed E-state index contributed by atoms with van der Waals surface area (Å²) in [5.74, 6) is -0.0340. The van der Waals surface area contributed by atoms with Gasteiger partial charge in [-0.25, -0.2) is 13.4 Å². The van der Waals surface area contributed by atoms with Crippen LogP contribution in [0.25, 0.3) is 5.70 Å². The molecule has 0 saturated carbocycles. The smallest absolute Gasteiger partial charge is 0.267 e. The number of hydrogen-bond acceptors (Lipinski definition) is 6. The molecule has 0 atom stereocenters. The molecular weight excluding hydrogens is 474 g/mol. The second-order valence-corrected chi connectivity index (χ2v) is 9.45. The number of ether oxygens (including phenoxy) is 1. The van der Waals surface area contributed by atoms with Gasteiger partial charge in [-0.2, -0.15) is 5.10 Å². The molecule has 0 radical (unpaired) electrons. The van der Waals surface area contributed by atoms with E-state index in [0.717, 1.165) is 11.1 Å². The molecular formula is C24H22ClN5O3S. The van der Waals surface area contributed by atoms with Gasteiger partial charge in [0.2, 0.25) is 5.88 Å². The van der Waals surface area contributed by atoms with E-state index < -0.39 is 10.0 Å². The number of halogens is 1. The van der Waals surface area contributed by atoms with E-state index in [1.54, 1.807) is 35.1 Å². The first-order valence-corrected chi connectivity index (χ1v) is 12.1. The molecule has 2 aromatic heterocycles. The number of sulfonamides is 1. The molecule has 4 rings (SSSR count). The molecule has 2 N–H and O–H groups in total. The van der Waals surface area contributed by atoms with Crippen molar-refractivity contribution in [2.45, 2.75) is 11.4 Å². The largest absolute Gasteiger partial charge is 0.480 e. The van der Waals surface area contributed by atoms with Gasteiger partial charge < -0.3 is 10.1 Å². The molecule has 0 aliphatic rings. The molecule has 174 valence electrons. The zero-order valence-electron chi connectivity index (χ0n) is 18.3. The molecule has 34 heavy (non-hydrogen) atoms. The monoisotopic (exact) mass is 495 g/mol. The average molecular weight is 496 g/mol. The van der Waals surface area contributed by atoms with E-state index in [4.69, 9.17) is 16.3 Å². The molecule has 0 amide bonds. The van der Waals surface area contributed by atoms with Gasteiger partial charge in [0.05, 0.1) is 31.7 Å². The predicted molar refractivity (Wildman–Crippen MR) is 133 cm³/mol. The number of pyridine rings is 1. The van der Waals surface area contributed by atoms with Crippen LogP contribution < -0.4 is 14.8 Å². The lowest BCUT2D eigenvalue weighted by Gasteiger charge is -2.14. The van der Waals surface area contributed by atoms with Gasteiger partial charge in [0.25, 0.3) is 10.0 Å². The van der Waals surface area contributed by atoms with Crippen molar-refractivity contribution >= 4 is 38.7 Å². The summed E-state index contributed by atoms with van der Waals surface area (Å²) < 4.78 is 35.5. The second-order valence-electron chi connectivity index (χ2n) is 7.36. The van der Waals surface area contributed by atoms with E-state index in [1.165, 1.54) is 19.4 Å². The van der Waals surface area contributed by atoms with Crippen LogP contribution >= 0.6 is 11.6 Å². The minimum atomic E-state index is -3.99. The average Bonchev–Trinajstić information content (AvgIpc) is 3.30. The van der Waals surface area contributed by atoms with Crippen molar-refractivity contribution in [2.24, 2.45) is 0 Å². The molecule has 4 aromatic rings. The third-order valence-corrected chi connectivity index (χ3v) is 6.49. The van der Waals surface area contributed by atoms with Crippen LogP contribution in [0.4, 0.5) is 11.4 Å². The van der Waals surface area contributed by atoms with Crippen molar-refractivity contribution in [1.29, 1.82) is 0 Å². The van der Waals surface area contributed by atoms with Gasteiger partial charge in [-0.15, -0.1) is 0 Å². The standard InChI is InChI=1S/C24H22ClN5O3S/c1-17(19-13-27-30(16-19)15-18-6-4-3-5-7-18)28-22-12-23(24(33-2)26-14-22)34(31,32)29-21-10-8-20(25)9-11-21/h3-14,16,28-29H,1,15H2,2H3. The lowest BCUT2D eigenvalue weighted by molar-refractivity contribution is 0.385.